The maximum absolute atomic E-state index is 12.9. The molecule has 22 heavy (non-hydrogen) atoms. The summed E-state index contributed by atoms with van der Waals surface area (Å²) in [5.41, 5.74) is 2.12. The Morgan fingerprint density at radius 3 is 2.95 bits per heavy atom. The van der Waals surface area contributed by atoms with Crippen molar-refractivity contribution in [3.05, 3.63) is 46.2 Å². The molecule has 1 aliphatic heterocycles. The number of benzene rings is 1. The van der Waals surface area contributed by atoms with E-state index in [1.54, 1.807) is 0 Å². The summed E-state index contributed by atoms with van der Waals surface area (Å²) in [5.74, 6) is -0.217. The quantitative estimate of drug-likeness (QED) is 0.944. The number of methoxy groups -OCH3 is 1. The number of carbonyl (C=O) groups excluding carboxylic acids is 1. The maximum atomic E-state index is 12.9. The molecule has 0 saturated heterocycles. The van der Waals surface area contributed by atoms with E-state index in [-0.39, 0.29) is 5.82 Å². The predicted molar refractivity (Wildman–Crippen MR) is 82.4 cm³/mol. The number of hydrogen-bond donors (Lipinski definition) is 1. The van der Waals surface area contributed by atoms with E-state index in [2.05, 4.69) is 19.9 Å². The van der Waals surface area contributed by atoms with Crippen LogP contribution < -0.4 is 5.32 Å². The summed E-state index contributed by atoms with van der Waals surface area (Å²) in [7, 11) is 1.33. The molecule has 1 N–H and O–H groups in total. The van der Waals surface area contributed by atoms with E-state index in [1.165, 1.54) is 30.6 Å². The van der Waals surface area contributed by atoms with Gasteiger partial charge >= 0.3 is 6.09 Å². The van der Waals surface area contributed by atoms with Gasteiger partial charge in [-0.2, -0.15) is 0 Å². The summed E-state index contributed by atoms with van der Waals surface area (Å²) in [5, 5.41) is 3.18. The number of anilines is 1. The molecule has 2 aromatic rings. The molecule has 2 heterocycles. The van der Waals surface area contributed by atoms with Crippen molar-refractivity contribution in [2.24, 2.45) is 0 Å². The van der Waals surface area contributed by atoms with Crippen LogP contribution in [0.4, 0.5) is 14.3 Å². The molecule has 0 atom stereocenters. The molecule has 1 aromatic heterocycles. The van der Waals surface area contributed by atoms with Gasteiger partial charge in [-0.15, -0.1) is 0 Å². The van der Waals surface area contributed by atoms with Gasteiger partial charge in [0.2, 0.25) is 0 Å². The van der Waals surface area contributed by atoms with Gasteiger partial charge in [0.25, 0.3) is 0 Å². The second kappa shape index (κ2) is 6.41. The Balaban J connectivity index is 1.65. The molecule has 1 aromatic carbocycles. The summed E-state index contributed by atoms with van der Waals surface area (Å²) in [6, 6.07) is 6.58. The van der Waals surface area contributed by atoms with Crippen molar-refractivity contribution in [3.63, 3.8) is 0 Å². The lowest BCUT2D eigenvalue weighted by atomic mass is 10.1. The molecular weight excluding hydrogens is 305 g/mol. The molecule has 1 aliphatic rings. The zero-order chi connectivity index (χ0) is 15.5. The van der Waals surface area contributed by atoms with E-state index in [1.807, 2.05) is 12.1 Å². The number of carbonyl (C=O) groups is 1. The zero-order valence-corrected chi connectivity index (χ0v) is 13.0. The van der Waals surface area contributed by atoms with Crippen molar-refractivity contribution in [2.75, 3.05) is 19.0 Å². The largest absolute Gasteiger partial charge is 0.453 e. The minimum Gasteiger partial charge on any atom is -0.453 e. The highest BCUT2D eigenvalue weighted by molar-refractivity contribution is 7.15. The van der Waals surface area contributed by atoms with Gasteiger partial charge in [0.15, 0.2) is 5.13 Å². The number of hydrogen-bond acceptors (Lipinski definition) is 5. The lowest BCUT2D eigenvalue weighted by molar-refractivity contribution is 0.187. The Kier molecular flexibility index (Phi) is 4.35. The van der Waals surface area contributed by atoms with Crippen LogP contribution in [0.15, 0.2) is 24.3 Å². The third-order valence-corrected chi connectivity index (χ3v) is 4.52. The smallest absolute Gasteiger partial charge is 0.413 e. The molecule has 0 spiro atoms. The molecule has 0 bridgehead atoms. The van der Waals surface area contributed by atoms with Gasteiger partial charge in [0.1, 0.15) is 5.82 Å². The van der Waals surface area contributed by atoms with Crippen LogP contribution in [0.3, 0.4) is 0 Å². The molecule has 0 aliphatic carbocycles. The van der Waals surface area contributed by atoms with Crippen molar-refractivity contribution in [1.29, 1.82) is 0 Å². The number of nitrogens with zero attached hydrogens (tertiary/aromatic N) is 2. The number of fused-ring (bicyclic) bond motifs is 1. The summed E-state index contributed by atoms with van der Waals surface area (Å²) in [4.78, 5) is 19.1. The molecule has 116 valence electrons. The van der Waals surface area contributed by atoms with Crippen molar-refractivity contribution < 1.29 is 13.9 Å². The van der Waals surface area contributed by atoms with Crippen molar-refractivity contribution >= 4 is 22.6 Å². The molecule has 0 unspecified atom stereocenters. The third kappa shape index (κ3) is 3.42. The molecule has 1 amide bonds. The first-order chi connectivity index (χ1) is 10.6. The number of aromatic nitrogens is 1. The standard InChI is InChI=1S/C15H16FN3O2S/c1-21-15(20)18-14-17-12-6-7-19(9-13(12)22-14)8-10-2-4-11(16)5-3-10/h2-5H,6-9H2,1H3,(H,17,18,20). The fourth-order valence-electron chi connectivity index (χ4n) is 2.42. The Morgan fingerprint density at radius 1 is 1.45 bits per heavy atom. The second-order valence-corrected chi connectivity index (χ2v) is 6.18. The molecule has 5 nitrogen and oxygen atoms in total. The Morgan fingerprint density at radius 2 is 2.23 bits per heavy atom. The van der Waals surface area contributed by atoms with E-state index < -0.39 is 6.09 Å². The van der Waals surface area contributed by atoms with E-state index in [0.29, 0.717) is 5.13 Å². The summed E-state index contributed by atoms with van der Waals surface area (Å²) >= 11 is 1.47. The first-order valence-corrected chi connectivity index (χ1v) is 7.76. The average Bonchev–Trinajstić information content (AvgIpc) is 2.91. The van der Waals surface area contributed by atoms with E-state index >= 15 is 0 Å². The maximum Gasteiger partial charge on any atom is 0.413 e. The zero-order valence-electron chi connectivity index (χ0n) is 12.1. The predicted octanol–water partition coefficient (Wildman–Crippen LogP) is 3.02. The van der Waals surface area contributed by atoms with Crippen molar-refractivity contribution in [1.82, 2.24) is 9.88 Å². The molecule has 0 fully saturated rings. The van der Waals surface area contributed by atoms with Crippen molar-refractivity contribution in [3.8, 4) is 0 Å². The Labute approximate surface area is 131 Å². The van der Waals surface area contributed by atoms with Crippen LogP contribution in [-0.4, -0.2) is 29.6 Å². The number of rotatable bonds is 3. The fraction of sp³-hybridized carbons (Fsp3) is 0.333. The summed E-state index contributed by atoms with van der Waals surface area (Å²) in [6.45, 7) is 2.45. The topological polar surface area (TPSA) is 54.5 Å². The average molecular weight is 321 g/mol. The minimum atomic E-state index is -0.505. The van der Waals surface area contributed by atoms with Gasteiger partial charge in [-0.3, -0.25) is 10.2 Å². The Hall–Kier alpha value is -1.99. The van der Waals surface area contributed by atoms with Crippen LogP contribution in [0, 0.1) is 5.82 Å². The first-order valence-electron chi connectivity index (χ1n) is 6.94. The van der Waals surface area contributed by atoms with E-state index in [9.17, 15) is 9.18 Å². The van der Waals surface area contributed by atoms with E-state index in [0.717, 1.165) is 42.2 Å². The number of amides is 1. The lowest BCUT2D eigenvalue weighted by Gasteiger charge is -2.25. The molecule has 0 radical (unpaired) electrons. The monoisotopic (exact) mass is 321 g/mol. The summed E-state index contributed by atoms with van der Waals surface area (Å²) < 4.78 is 17.5. The van der Waals surface area contributed by atoms with Gasteiger partial charge in [-0.05, 0) is 17.7 Å². The molecule has 3 rings (SSSR count). The molecule has 7 heteroatoms. The lowest BCUT2D eigenvalue weighted by Crippen LogP contribution is -2.29. The van der Waals surface area contributed by atoms with Crippen LogP contribution in [0.1, 0.15) is 16.1 Å². The number of nitrogens with one attached hydrogen (secondary N) is 1. The number of ether oxygens (including phenoxy) is 1. The van der Waals surface area contributed by atoms with Crippen LogP contribution in [0.2, 0.25) is 0 Å². The highest BCUT2D eigenvalue weighted by Gasteiger charge is 2.21. The number of halogens is 1. The van der Waals surface area contributed by atoms with Crippen LogP contribution in [0.5, 0.6) is 0 Å². The number of thiazole rings is 1. The Bertz CT molecular complexity index is 672. The molecular formula is C15H16FN3O2S. The minimum absolute atomic E-state index is 0.217. The highest BCUT2D eigenvalue weighted by atomic mass is 32.1. The fourth-order valence-corrected chi connectivity index (χ4v) is 3.46. The normalized spacial score (nSPS) is 14.5. The van der Waals surface area contributed by atoms with Crippen LogP contribution >= 0.6 is 11.3 Å². The van der Waals surface area contributed by atoms with Crippen LogP contribution in [-0.2, 0) is 24.2 Å². The van der Waals surface area contributed by atoms with Gasteiger partial charge < -0.3 is 4.74 Å². The van der Waals surface area contributed by atoms with Gasteiger partial charge in [0.05, 0.1) is 12.8 Å². The van der Waals surface area contributed by atoms with E-state index in [4.69, 9.17) is 0 Å². The van der Waals surface area contributed by atoms with Gasteiger partial charge in [-0.1, -0.05) is 23.5 Å². The SMILES string of the molecule is COC(=O)Nc1nc2c(s1)CN(Cc1ccc(F)cc1)CC2. The summed E-state index contributed by atoms with van der Waals surface area (Å²) in [6.07, 6.45) is 0.338. The third-order valence-electron chi connectivity index (χ3n) is 3.52. The molecule has 0 saturated carbocycles. The second-order valence-electron chi connectivity index (χ2n) is 5.09. The van der Waals surface area contributed by atoms with Gasteiger partial charge in [0, 0.05) is 30.9 Å². The van der Waals surface area contributed by atoms with Gasteiger partial charge in [-0.25, -0.2) is 14.2 Å². The van der Waals surface area contributed by atoms with Crippen molar-refractivity contribution in [2.45, 2.75) is 19.5 Å². The highest BCUT2D eigenvalue weighted by Crippen LogP contribution is 2.29. The first kappa shape index (κ1) is 14.9. The van der Waals surface area contributed by atoms with Crippen LogP contribution in [0.25, 0.3) is 0 Å².